The molecule has 0 fully saturated rings. The van der Waals surface area contributed by atoms with Crippen molar-refractivity contribution >= 4 is 0 Å². The number of fused-ring (bicyclic) bond motifs is 1. The highest BCUT2D eigenvalue weighted by Gasteiger charge is 2.35. The van der Waals surface area contributed by atoms with Crippen molar-refractivity contribution in [3.05, 3.63) is 28.8 Å². The molecule has 2 heteroatoms. The van der Waals surface area contributed by atoms with Gasteiger partial charge >= 0.3 is 0 Å². The van der Waals surface area contributed by atoms with Crippen molar-refractivity contribution in [3.63, 3.8) is 0 Å². The standard InChI is InChI=1S/C13H18O2/c1-8-5-6-9(2)12-11(8)13(3,4)7-10(14)15-12/h5-6,10,14H,7H2,1-4H3. The first-order valence-electron chi connectivity index (χ1n) is 5.37. The summed E-state index contributed by atoms with van der Waals surface area (Å²) in [5.41, 5.74) is 3.58. The van der Waals surface area contributed by atoms with E-state index in [4.69, 9.17) is 4.74 Å². The average Bonchev–Trinajstić information content (AvgIpc) is 2.09. The second-order valence-electron chi connectivity index (χ2n) is 5.06. The lowest BCUT2D eigenvalue weighted by Crippen LogP contribution is -2.35. The van der Waals surface area contributed by atoms with E-state index in [0.717, 1.165) is 11.3 Å². The van der Waals surface area contributed by atoms with Crippen LogP contribution in [0.5, 0.6) is 5.75 Å². The number of hydrogen-bond donors (Lipinski definition) is 1. The molecule has 0 spiro atoms. The molecular formula is C13H18O2. The first-order valence-corrected chi connectivity index (χ1v) is 5.37. The Morgan fingerprint density at radius 1 is 1.27 bits per heavy atom. The van der Waals surface area contributed by atoms with Crippen LogP contribution in [0.4, 0.5) is 0 Å². The Bertz CT molecular complexity index is 394. The van der Waals surface area contributed by atoms with E-state index in [1.54, 1.807) is 0 Å². The molecular weight excluding hydrogens is 188 g/mol. The average molecular weight is 206 g/mol. The molecule has 0 saturated carbocycles. The molecule has 82 valence electrons. The minimum Gasteiger partial charge on any atom is -0.465 e. The zero-order valence-electron chi connectivity index (χ0n) is 9.79. The quantitative estimate of drug-likeness (QED) is 0.707. The van der Waals surface area contributed by atoms with Crippen LogP contribution >= 0.6 is 0 Å². The van der Waals surface area contributed by atoms with Gasteiger partial charge in [-0.15, -0.1) is 0 Å². The van der Waals surface area contributed by atoms with Crippen LogP contribution in [-0.2, 0) is 5.41 Å². The zero-order valence-corrected chi connectivity index (χ0v) is 9.79. The topological polar surface area (TPSA) is 29.5 Å². The monoisotopic (exact) mass is 206 g/mol. The van der Waals surface area contributed by atoms with E-state index >= 15 is 0 Å². The third kappa shape index (κ3) is 1.63. The van der Waals surface area contributed by atoms with E-state index in [0.29, 0.717) is 6.42 Å². The zero-order chi connectivity index (χ0) is 11.2. The normalized spacial score (nSPS) is 23.1. The highest BCUT2D eigenvalue weighted by Crippen LogP contribution is 2.43. The molecule has 2 nitrogen and oxygen atoms in total. The SMILES string of the molecule is Cc1ccc(C)c2c1OC(O)CC2(C)C. The van der Waals surface area contributed by atoms with Crippen molar-refractivity contribution in [3.8, 4) is 5.75 Å². The first-order chi connectivity index (χ1) is 6.92. The molecule has 0 aromatic heterocycles. The van der Waals surface area contributed by atoms with Crippen molar-refractivity contribution in [2.24, 2.45) is 0 Å². The van der Waals surface area contributed by atoms with Crippen molar-refractivity contribution in [1.29, 1.82) is 0 Å². The van der Waals surface area contributed by atoms with Gasteiger partial charge in [0.05, 0.1) is 0 Å². The molecule has 1 unspecified atom stereocenters. The Morgan fingerprint density at radius 2 is 1.87 bits per heavy atom. The van der Waals surface area contributed by atoms with Gasteiger partial charge in [0.15, 0.2) is 6.29 Å². The minimum atomic E-state index is -0.673. The second kappa shape index (κ2) is 3.24. The van der Waals surface area contributed by atoms with E-state index in [2.05, 4.69) is 26.8 Å². The molecule has 1 N–H and O–H groups in total. The third-order valence-electron chi connectivity index (χ3n) is 3.18. The first kappa shape index (κ1) is 10.5. The number of rotatable bonds is 0. The van der Waals surface area contributed by atoms with Crippen molar-refractivity contribution < 1.29 is 9.84 Å². The van der Waals surface area contributed by atoms with Gasteiger partial charge in [-0.3, -0.25) is 0 Å². The highest BCUT2D eigenvalue weighted by atomic mass is 16.6. The summed E-state index contributed by atoms with van der Waals surface area (Å²) in [6.45, 7) is 8.43. The summed E-state index contributed by atoms with van der Waals surface area (Å²) in [6, 6.07) is 4.17. The molecule has 2 rings (SSSR count). The number of aliphatic hydroxyl groups excluding tert-OH is 1. The summed E-state index contributed by atoms with van der Waals surface area (Å²) < 4.78 is 5.53. The second-order valence-corrected chi connectivity index (χ2v) is 5.06. The fraction of sp³-hybridized carbons (Fsp3) is 0.538. The van der Waals surface area contributed by atoms with Gasteiger partial charge in [-0.05, 0) is 30.4 Å². The predicted octanol–water partition coefficient (Wildman–Crippen LogP) is 2.68. The summed E-state index contributed by atoms with van der Waals surface area (Å²) in [5.74, 6) is 0.874. The molecule has 0 radical (unpaired) electrons. The summed E-state index contributed by atoms with van der Waals surface area (Å²) in [7, 11) is 0. The molecule has 0 aliphatic carbocycles. The predicted molar refractivity (Wildman–Crippen MR) is 60.2 cm³/mol. The molecule has 15 heavy (non-hydrogen) atoms. The van der Waals surface area contributed by atoms with Crippen LogP contribution in [0.2, 0.25) is 0 Å². The number of ether oxygens (including phenoxy) is 1. The molecule has 1 aliphatic heterocycles. The van der Waals surface area contributed by atoms with Crippen molar-refractivity contribution in [2.45, 2.75) is 45.8 Å². The largest absolute Gasteiger partial charge is 0.465 e. The fourth-order valence-electron chi connectivity index (χ4n) is 2.49. The maximum Gasteiger partial charge on any atom is 0.198 e. The number of benzene rings is 1. The lowest BCUT2D eigenvalue weighted by molar-refractivity contribution is -0.0504. The number of aliphatic hydroxyl groups is 1. The smallest absolute Gasteiger partial charge is 0.198 e. The lowest BCUT2D eigenvalue weighted by atomic mass is 9.76. The molecule has 1 aromatic rings. The highest BCUT2D eigenvalue weighted by molar-refractivity contribution is 5.50. The Kier molecular flexibility index (Phi) is 2.27. The van der Waals surface area contributed by atoms with Gasteiger partial charge in [0.2, 0.25) is 0 Å². The maximum absolute atomic E-state index is 9.68. The van der Waals surface area contributed by atoms with Gasteiger partial charge in [-0.25, -0.2) is 0 Å². The van der Waals surface area contributed by atoms with Crippen LogP contribution in [0.3, 0.4) is 0 Å². The van der Waals surface area contributed by atoms with Gasteiger partial charge < -0.3 is 9.84 Å². The molecule has 0 bridgehead atoms. The van der Waals surface area contributed by atoms with Gasteiger partial charge in [-0.1, -0.05) is 26.0 Å². The molecule has 0 saturated heterocycles. The summed E-state index contributed by atoms with van der Waals surface area (Å²) in [6.07, 6.45) is -0.0161. The summed E-state index contributed by atoms with van der Waals surface area (Å²) in [5, 5.41) is 9.68. The third-order valence-corrected chi connectivity index (χ3v) is 3.18. The van der Waals surface area contributed by atoms with Gasteiger partial charge in [-0.2, -0.15) is 0 Å². The molecule has 1 heterocycles. The summed E-state index contributed by atoms with van der Waals surface area (Å²) >= 11 is 0. The Morgan fingerprint density at radius 3 is 2.53 bits per heavy atom. The van der Waals surface area contributed by atoms with E-state index < -0.39 is 6.29 Å². The molecule has 0 amide bonds. The van der Waals surface area contributed by atoms with Gasteiger partial charge in [0, 0.05) is 12.0 Å². The van der Waals surface area contributed by atoms with Gasteiger partial charge in [0.25, 0.3) is 0 Å². The van der Waals surface area contributed by atoms with Crippen molar-refractivity contribution in [1.82, 2.24) is 0 Å². The van der Waals surface area contributed by atoms with Crippen LogP contribution in [0.1, 0.15) is 37.0 Å². The Hall–Kier alpha value is -1.02. The molecule has 1 aliphatic rings. The Balaban J connectivity index is 2.66. The van der Waals surface area contributed by atoms with E-state index in [1.807, 2.05) is 13.0 Å². The van der Waals surface area contributed by atoms with Crippen LogP contribution in [-0.4, -0.2) is 11.4 Å². The lowest BCUT2D eigenvalue weighted by Gasteiger charge is -2.37. The van der Waals surface area contributed by atoms with E-state index in [1.165, 1.54) is 11.1 Å². The molecule has 1 atom stereocenters. The van der Waals surface area contributed by atoms with Crippen molar-refractivity contribution in [2.75, 3.05) is 0 Å². The van der Waals surface area contributed by atoms with Crippen LogP contribution in [0.25, 0.3) is 0 Å². The number of hydrogen-bond acceptors (Lipinski definition) is 2. The summed E-state index contributed by atoms with van der Waals surface area (Å²) in [4.78, 5) is 0. The fourth-order valence-corrected chi connectivity index (χ4v) is 2.49. The van der Waals surface area contributed by atoms with Crippen LogP contribution in [0, 0.1) is 13.8 Å². The van der Waals surface area contributed by atoms with Crippen LogP contribution < -0.4 is 4.74 Å². The minimum absolute atomic E-state index is 0.0108. The van der Waals surface area contributed by atoms with E-state index in [-0.39, 0.29) is 5.41 Å². The van der Waals surface area contributed by atoms with Crippen LogP contribution in [0.15, 0.2) is 12.1 Å². The molecule has 1 aromatic carbocycles. The van der Waals surface area contributed by atoms with E-state index in [9.17, 15) is 5.11 Å². The Labute approximate surface area is 90.9 Å². The maximum atomic E-state index is 9.68. The van der Waals surface area contributed by atoms with Gasteiger partial charge in [0.1, 0.15) is 5.75 Å². The number of aryl methyl sites for hydroxylation is 2.